The number of hydrogen-bond donors (Lipinski definition) is 4. The van der Waals surface area contributed by atoms with Gasteiger partial charge in [-0.1, -0.05) is 0 Å². The highest BCUT2D eigenvalue weighted by atomic mass is 16.6. The standard InChI is InChI=1S/C11H8N2O5/c14-6-2-1-5-3-7-9(15)12-10(16)13-11(7,17)18-8(5)4-6/h1-4,14,17H,(H2,12,13,15,16)/t11-/m0/s1. The zero-order valence-corrected chi connectivity index (χ0v) is 8.93. The third-order valence-corrected chi connectivity index (χ3v) is 2.67. The number of hydrogen-bond acceptors (Lipinski definition) is 5. The average molecular weight is 248 g/mol. The minimum absolute atomic E-state index is 0.0548. The molecule has 4 N–H and O–H groups in total. The zero-order chi connectivity index (χ0) is 12.9. The van der Waals surface area contributed by atoms with Gasteiger partial charge in [0, 0.05) is 11.6 Å². The number of benzene rings is 1. The fraction of sp³-hybridized carbons (Fsp3) is 0.0909. The van der Waals surface area contributed by atoms with E-state index in [4.69, 9.17) is 4.74 Å². The monoisotopic (exact) mass is 248 g/mol. The molecule has 7 heteroatoms. The van der Waals surface area contributed by atoms with Crippen LogP contribution >= 0.6 is 0 Å². The first kappa shape index (κ1) is 10.6. The van der Waals surface area contributed by atoms with Gasteiger partial charge in [-0.2, -0.15) is 0 Å². The molecule has 18 heavy (non-hydrogen) atoms. The molecule has 7 nitrogen and oxygen atoms in total. The van der Waals surface area contributed by atoms with Crippen molar-refractivity contribution in [2.45, 2.75) is 5.91 Å². The Bertz CT molecular complexity index is 609. The van der Waals surface area contributed by atoms with Crippen LogP contribution in [-0.4, -0.2) is 28.1 Å². The number of ether oxygens (including phenoxy) is 1. The Balaban J connectivity index is 2.15. The molecule has 0 bridgehead atoms. The topological polar surface area (TPSA) is 108 Å². The maximum atomic E-state index is 11.6. The molecule has 92 valence electrons. The number of aliphatic hydroxyl groups is 1. The minimum atomic E-state index is -2.21. The van der Waals surface area contributed by atoms with Gasteiger partial charge in [-0.25, -0.2) is 4.79 Å². The molecular weight excluding hydrogens is 240 g/mol. The average Bonchev–Trinajstić information content (AvgIpc) is 2.25. The lowest BCUT2D eigenvalue weighted by Gasteiger charge is -2.37. The van der Waals surface area contributed by atoms with Gasteiger partial charge in [0.05, 0.1) is 0 Å². The second-order valence-electron chi connectivity index (χ2n) is 3.93. The lowest BCUT2D eigenvalue weighted by Crippen LogP contribution is -2.65. The fourth-order valence-electron chi connectivity index (χ4n) is 1.87. The lowest BCUT2D eigenvalue weighted by atomic mass is 10.0. The quantitative estimate of drug-likeness (QED) is 0.502. The fourth-order valence-corrected chi connectivity index (χ4v) is 1.87. The predicted octanol–water partition coefficient (Wildman–Crippen LogP) is -0.347. The molecule has 0 spiro atoms. The van der Waals surface area contributed by atoms with Crippen LogP contribution in [0.3, 0.4) is 0 Å². The van der Waals surface area contributed by atoms with E-state index in [0.29, 0.717) is 5.56 Å². The Morgan fingerprint density at radius 3 is 2.83 bits per heavy atom. The smallest absolute Gasteiger partial charge is 0.327 e. The number of rotatable bonds is 0. The molecule has 1 saturated heterocycles. The molecule has 2 heterocycles. The van der Waals surface area contributed by atoms with E-state index in [1.807, 2.05) is 5.32 Å². The molecule has 0 aliphatic carbocycles. The van der Waals surface area contributed by atoms with Gasteiger partial charge in [0.1, 0.15) is 17.1 Å². The van der Waals surface area contributed by atoms with Crippen molar-refractivity contribution >= 4 is 18.0 Å². The van der Waals surface area contributed by atoms with Crippen molar-refractivity contribution in [3.63, 3.8) is 0 Å². The molecule has 1 aromatic rings. The van der Waals surface area contributed by atoms with Crippen LogP contribution in [-0.2, 0) is 4.79 Å². The van der Waals surface area contributed by atoms with Crippen molar-refractivity contribution in [2.75, 3.05) is 0 Å². The van der Waals surface area contributed by atoms with E-state index in [2.05, 4.69) is 5.32 Å². The number of amides is 3. The summed E-state index contributed by atoms with van der Waals surface area (Å²) < 4.78 is 5.18. The van der Waals surface area contributed by atoms with Gasteiger partial charge in [-0.3, -0.25) is 15.4 Å². The van der Waals surface area contributed by atoms with E-state index in [9.17, 15) is 19.8 Å². The SMILES string of the molecule is O=C1NC(=O)C2=Cc3ccc(O)cc3O[C@]2(O)N1. The maximum absolute atomic E-state index is 11.6. The van der Waals surface area contributed by atoms with Crippen LogP contribution in [0, 0.1) is 0 Å². The highest BCUT2D eigenvalue weighted by Gasteiger charge is 2.47. The number of phenolic OH excluding ortho intramolecular Hbond substituents is 1. The molecule has 0 radical (unpaired) electrons. The second kappa shape index (κ2) is 3.23. The molecule has 0 unspecified atom stereocenters. The summed E-state index contributed by atoms with van der Waals surface area (Å²) in [6.07, 6.45) is 1.38. The first-order valence-corrected chi connectivity index (χ1v) is 5.08. The second-order valence-corrected chi connectivity index (χ2v) is 3.93. The molecule has 2 aliphatic rings. The van der Waals surface area contributed by atoms with Gasteiger partial charge in [0.2, 0.25) is 0 Å². The number of aromatic hydroxyl groups is 1. The summed E-state index contributed by atoms with van der Waals surface area (Å²) in [5.74, 6) is -2.84. The Kier molecular flexibility index (Phi) is 1.91. The van der Waals surface area contributed by atoms with E-state index in [-0.39, 0.29) is 17.1 Å². The van der Waals surface area contributed by atoms with Gasteiger partial charge < -0.3 is 14.9 Å². The Morgan fingerprint density at radius 1 is 1.28 bits per heavy atom. The van der Waals surface area contributed by atoms with Gasteiger partial charge in [0.25, 0.3) is 5.91 Å². The summed E-state index contributed by atoms with van der Waals surface area (Å²) in [6.45, 7) is 0. The van der Waals surface area contributed by atoms with E-state index >= 15 is 0 Å². The lowest BCUT2D eigenvalue weighted by molar-refractivity contribution is -0.145. The first-order chi connectivity index (χ1) is 8.48. The number of carbonyl (C=O) groups is 2. The summed E-state index contributed by atoms with van der Waals surface area (Å²) in [6, 6.07) is 3.37. The maximum Gasteiger partial charge on any atom is 0.327 e. The third-order valence-electron chi connectivity index (χ3n) is 2.67. The summed E-state index contributed by atoms with van der Waals surface area (Å²) in [5.41, 5.74) is 0.388. The third kappa shape index (κ3) is 1.41. The van der Waals surface area contributed by atoms with Crippen molar-refractivity contribution < 1.29 is 24.5 Å². The summed E-state index contributed by atoms with van der Waals surface area (Å²) in [5, 5.41) is 23.5. The van der Waals surface area contributed by atoms with Crippen LogP contribution < -0.4 is 15.4 Å². The van der Waals surface area contributed by atoms with Crippen molar-refractivity contribution in [3.8, 4) is 11.5 Å². The summed E-state index contributed by atoms with van der Waals surface area (Å²) in [7, 11) is 0. The van der Waals surface area contributed by atoms with E-state index in [0.717, 1.165) is 0 Å². The molecule has 0 saturated carbocycles. The summed E-state index contributed by atoms with van der Waals surface area (Å²) >= 11 is 0. The number of nitrogens with one attached hydrogen (secondary N) is 2. The van der Waals surface area contributed by atoms with Crippen molar-refractivity contribution in [3.05, 3.63) is 29.3 Å². The van der Waals surface area contributed by atoms with Gasteiger partial charge in [-0.15, -0.1) is 0 Å². The van der Waals surface area contributed by atoms with Crippen molar-refractivity contribution in [1.82, 2.24) is 10.6 Å². The molecule has 3 rings (SSSR count). The molecule has 1 fully saturated rings. The number of urea groups is 1. The number of fused-ring (bicyclic) bond motifs is 2. The van der Waals surface area contributed by atoms with Crippen LogP contribution in [0.2, 0.25) is 0 Å². The largest absolute Gasteiger partial charge is 0.508 e. The predicted molar refractivity (Wildman–Crippen MR) is 58.3 cm³/mol. The van der Waals surface area contributed by atoms with Gasteiger partial charge in [-0.05, 0) is 18.2 Å². The van der Waals surface area contributed by atoms with Crippen LogP contribution in [0.25, 0.3) is 6.08 Å². The number of phenols is 1. The highest BCUT2D eigenvalue weighted by molar-refractivity contribution is 6.11. The number of carbonyl (C=O) groups excluding carboxylic acids is 2. The molecule has 0 aromatic heterocycles. The zero-order valence-electron chi connectivity index (χ0n) is 8.93. The van der Waals surface area contributed by atoms with Crippen LogP contribution in [0.5, 0.6) is 11.5 Å². The van der Waals surface area contributed by atoms with E-state index in [1.54, 1.807) is 0 Å². The normalized spacial score (nSPS) is 25.1. The Labute approximate surface area is 101 Å². The minimum Gasteiger partial charge on any atom is -0.508 e. The van der Waals surface area contributed by atoms with Crippen LogP contribution in [0.4, 0.5) is 4.79 Å². The molecule has 1 aromatic carbocycles. The first-order valence-electron chi connectivity index (χ1n) is 5.08. The molecule has 1 atom stereocenters. The molecule has 2 aliphatic heterocycles. The Hall–Kier alpha value is -2.54. The van der Waals surface area contributed by atoms with Crippen molar-refractivity contribution in [1.29, 1.82) is 0 Å². The highest BCUT2D eigenvalue weighted by Crippen LogP contribution is 2.36. The van der Waals surface area contributed by atoms with E-state index < -0.39 is 17.8 Å². The number of imide groups is 1. The molecular formula is C11H8N2O5. The van der Waals surface area contributed by atoms with Crippen LogP contribution in [0.1, 0.15) is 5.56 Å². The van der Waals surface area contributed by atoms with Crippen LogP contribution in [0.15, 0.2) is 23.8 Å². The van der Waals surface area contributed by atoms with Gasteiger partial charge in [0.15, 0.2) is 0 Å². The van der Waals surface area contributed by atoms with Gasteiger partial charge >= 0.3 is 11.9 Å². The Morgan fingerprint density at radius 2 is 2.06 bits per heavy atom. The summed E-state index contributed by atoms with van der Waals surface area (Å²) in [4.78, 5) is 22.7. The molecule has 3 amide bonds. The van der Waals surface area contributed by atoms with Crippen molar-refractivity contribution in [2.24, 2.45) is 0 Å². The van der Waals surface area contributed by atoms with E-state index in [1.165, 1.54) is 24.3 Å².